The van der Waals surface area contributed by atoms with E-state index in [2.05, 4.69) is 35.4 Å². The fourth-order valence-corrected chi connectivity index (χ4v) is 3.48. The van der Waals surface area contributed by atoms with Crippen LogP contribution in [-0.2, 0) is 11.3 Å². The number of nitriles is 1. The van der Waals surface area contributed by atoms with Crippen molar-refractivity contribution in [3.8, 4) is 6.07 Å². The molecule has 116 valence electrons. The Bertz CT molecular complexity index is 698. The molecule has 0 saturated carbocycles. The topological polar surface area (TPSA) is 83.6 Å². The second kappa shape index (κ2) is 7.42. The predicted octanol–water partition coefficient (Wildman–Crippen LogP) is 3.09. The van der Waals surface area contributed by atoms with Crippen LogP contribution in [0.5, 0.6) is 0 Å². The molecule has 1 amide bonds. The fourth-order valence-electron chi connectivity index (χ4n) is 1.92. The van der Waals surface area contributed by atoms with E-state index in [1.54, 1.807) is 11.4 Å². The molecule has 2 aromatic heterocycles. The molecule has 0 aliphatic rings. The number of thiophene rings is 1. The molecule has 0 bridgehead atoms. The summed E-state index contributed by atoms with van der Waals surface area (Å²) in [5.41, 5.74) is 0.488. The quantitative estimate of drug-likeness (QED) is 0.820. The van der Waals surface area contributed by atoms with E-state index in [4.69, 9.17) is 5.26 Å². The van der Waals surface area contributed by atoms with Crippen molar-refractivity contribution < 1.29 is 4.79 Å². The SMILES string of the molecule is CCn1c(SCC(=O)Nc2sccc2C#N)nnc1C(C)C. The number of hydrogen-bond donors (Lipinski definition) is 1. The van der Waals surface area contributed by atoms with E-state index in [0.29, 0.717) is 16.5 Å². The standard InChI is InChI=1S/C14H17N5OS2/c1-4-19-12(9(2)3)17-18-14(19)22-8-11(20)16-13-10(7-15)5-6-21-13/h5-6,9H,4,8H2,1-3H3,(H,16,20). The molecule has 22 heavy (non-hydrogen) atoms. The van der Waals surface area contributed by atoms with Crippen molar-refractivity contribution >= 4 is 34.0 Å². The Hall–Kier alpha value is -1.85. The number of carbonyl (C=O) groups is 1. The lowest BCUT2D eigenvalue weighted by Crippen LogP contribution is -2.14. The molecular formula is C14H17N5OS2. The van der Waals surface area contributed by atoms with Crippen LogP contribution < -0.4 is 5.32 Å². The third-order valence-electron chi connectivity index (χ3n) is 2.95. The second-order valence-electron chi connectivity index (χ2n) is 4.85. The van der Waals surface area contributed by atoms with Gasteiger partial charge in [0.25, 0.3) is 0 Å². The van der Waals surface area contributed by atoms with Crippen molar-refractivity contribution in [2.75, 3.05) is 11.1 Å². The van der Waals surface area contributed by atoms with Crippen LogP contribution in [0.25, 0.3) is 0 Å². The van der Waals surface area contributed by atoms with Crippen LogP contribution in [0.2, 0.25) is 0 Å². The van der Waals surface area contributed by atoms with Gasteiger partial charge in [-0.1, -0.05) is 25.6 Å². The molecule has 2 heterocycles. The van der Waals surface area contributed by atoms with E-state index in [1.165, 1.54) is 23.1 Å². The van der Waals surface area contributed by atoms with Gasteiger partial charge in [0.1, 0.15) is 16.9 Å². The first-order valence-electron chi connectivity index (χ1n) is 6.90. The van der Waals surface area contributed by atoms with Crippen molar-refractivity contribution in [3.63, 3.8) is 0 Å². The maximum atomic E-state index is 12.0. The van der Waals surface area contributed by atoms with Gasteiger partial charge in [0.2, 0.25) is 5.91 Å². The first kappa shape index (κ1) is 16.5. The second-order valence-corrected chi connectivity index (χ2v) is 6.71. The first-order valence-corrected chi connectivity index (χ1v) is 8.76. The molecule has 0 aromatic carbocycles. The number of thioether (sulfide) groups is 1. The Morgan fingerprint density at radius 1 is 1.55 bits per heavy atom. The summed E-state index contributed by atoms with van der Waals surface area (Å²) in [5.74, 6) is 1.30. The number of anilines is 1. The van der Waals surface area contributed by atoms with Gasteiger partial charge in [-0.05, 0) is 18.4 Å². The van der Waals surface area contributed by atoms with E-state index in [0.717, 1.165) is 17.5 Å². The van der Waals surface area contributed by atoms with Crippen LogP contribution in [-0.4, -0.2) is 26.4 Å². The van der Waals surface area contributed by atoms with Gasteiger partial charge in [-0.2, -0.15) is 5.26 Å². The summed E-state index contributed by atoms with van der Waals surface area (Å²) in [4.78, 5) is 12.0. The van der Waals surface area contributed by atoms with Crippen molar-refractivity contribution in [3.05, 3.63) is 22.8 Å². The summed E-state index contributed by atoms with van der Waals surface area (Å²) in [5, 5.41) is 23.1. The highest BCUT2D eigenvalue weighted by Gasteiger charge is 2.16. The van der Waals surface area contributed by atoms with Crippen LogP contribution in [0.15, 0.2) is 16.6 Å². The maximum absolute atomic E-state index is 12.0. The lowest BCUT2D eigenvalue weighted by molar-refractivity contribution is -0.113. The van der Waals surface area contributed by atoms with Gasteiger partial charge in [-0.25, -0.2) is 0 Å². The Morgan fingerprint density at radius 2 is 2.32 bits per heavy atom. The molecule has 0 spiro atoms. The van der Waals surface area contributed by atoms with E-state index in [9.17, 15) is 4.79 Å². The number of rotatable bonds is 6. The molecule has 0 aliphatic carbocycles. The highest BCUT2D eigenvalue weighted by Crippen LogP contribution is 2.24. The van der Waals surface area contributed by atoms with Crippen molar-refractivity contribution in [1.82, 2.24) is 14.8 Å². The molecule has 0 atom stereocenters. The predicted molar refractivity (Wildman–Crippen MR) is 88.2 cm³/mol. The zero-order chi connectivity index (χ0) is 16.1. The van der Waals surface area contributed by atoms with Crippen molar-refractivity contribution in [2.24, 2.45) is 0 Å². The van der Waals surface area contributed by atoms with Gasteiger partial charge in [-0.15, -0.1) is 21.5 Å². The summed E-state index contributed by atoms with van der Waals surface area (Å²) in [7, 11) is 0. The number of aromatic nitrogens is 3. The van der Waals surface area contributed by atoms with Crippen LogP contribution in [0.4, 0.5) is 5.00 Å². The zero-order valence-corrected chi connectivity index (χ0v) is 14.3. The number of nitrogens with one attached hydrogen (secondary N) is 1. The smallest absolute Gasteiger partial charge is 0.235 e. The normalized spacial score (nSPS) is 10.7. The molecular weight excluding hydrogens is 318 g/mol. The third-order valence-corrected chi connectivity index (χ3v) is 4.75. The van der Waals surface area contributed by atoms with Gasteiger partial charge in [0.15, 0.2) is 5.16 Å². The zero-order valence-electron chi connectivity index (χ0n) is 12.7. The van der Waals surface area contributed by atoms with Crippen LogP contribution in [0, 0.1) is 11.3 Å². The van der Waals surface area contributed by atoms with Crippen molar-refractivity contribution in [1.29, 1.82) is 5.26 Å². The molecule has 2 aromatic rings. The molecule has 2 rings (SSSR count). The highest BCUT2D eigenvalue weighted by molar-refractivity contribution is 7.99. The summed E-state index contributed by atoms with van der Waals surface area (Å²) in [6, 6.07) is 3.74. The van der Waals surface area contributed by atoms with Gasteiger partial charge in [0.05, 0.1) is 11.3 Å². The summed E-state index contributed by atoms with van der Waals surface area (Å²) in [6.45, 7) is 6.94. The summed E-state index contributed by atoms with van der Waals surface area (Å²) < 4.78 is 2.02. The van der Waals surface area contributed by atoms with Gasteiger partial charge >= 0.3 is 0 Å². The minimum absolute atomic E-state index is 0.152. The minimum Gasteiger partial charge on any atom is -0.316 e. The van der Waals surface area contributed by atoms with Crippen LogP contribution in [0.3, 0.4) is 0 Å². The lowest BCUT2D eigenvalue weighted by atomic mass is 10.2. The van der Waals surface area contributed by atoms with Gasteiger partial charge in [-0.3, -0.25) is 4.79 Å². The van der Waals surface area contributed by atoms with E-state index >= 15 is 0 Å². The monoisotopic (exact) mass is 335 g/mol. The average molecular weight is 335 g/mol. The molecule has 6 nitrogen and oxygen atoms in total. The largest absolute Gasteiger partial charge is 0.316 e. The fraction of sp³-hybridized carbons (Fsp3) is 0.429. The molecule has 0 saturated heterocycles. The number of carbonyl (C=O) groups excluding carboxylic acids is 1. The van der Waals surface area contributed by atoms with E-state index in [-0.39, 0.29) is 11.7 Å². The molecule has 0 unspecified atom stereocenters. The third kappa shape index (κ3) is 3.67. The molecule has 0 fully saturated rings. The van der Waals surface area contributed by atoms with Gasteiger partial charge in [0, 0.05) is 12.5 Å². The van der Waals surface area contributed by atoms with Gasteiger partial charge < -0.3 is 9.88 Å². The Morgan fingerprint density at radius 3 is 2.95 bits per heavy atom. The molecule has 8 heteroatoms. The highest BCUT2D eigenvalue weighted by atomic mass is 32.2. The number of amides is 1. The molecule has 0 radical (unpaired) electrons. The van der Waals surface area contributed by atoms with E-state index < -0.39 is 0 Å². The Kier molecular flexibility index (Phi) is 5.57. The maximum Gasteiger partial charge on any atom is 0.235 e. The Labute approximate surface area is 137 Å². The lowest BCUT2D eigenvalue weighted by Gasteiger charge is -2.09. The molecule has 1 N–H and O–H groups in total. The minimum atomic E-state index is -0.152. The summed E-state index contributed by atoms with van der Waals surface area (Å²) >= 11 is 2.70. The average Bonchev–Trinajstić information content (AvgIpc) is 3.10. The number of hydrogen-bond acceptors (Lipinski definition) is 6. The first-order chi connectivity index (χ1) is 10.6. The number of nitrogens with zero attached hydrogens (tertiary/aromatic N) is 4. The van der Waals surface area contributed by atoms with Crippen molar-refractivity contribution in [2.45, 2.75) is 38.4 Å². The summed E-state index contributed by atoms with van der Waals surface area (Å²) in [6.07, 6.45) is 0. The Balaban J connectivity index is 1.99. The van der Waals surface area contributed by atoms with Crippen LogP contribution >= 0.6 is 23.1 Å². The van der Waals surface area contributed by atoms with E-state index in [1.807, 2.05) is 11.5 Å². The molecule has 0 aliphatic heterocycles. The van der Waals surface area contributed by atoms with Crippen LogP contribution in [0.1, 0.15) is 38.1 Å².